The predicted octanol–water partition coefficient (Wildman–Crippen LogP) is 3.26. The van der Waals surface area contributed by atoms with Crippen molar-refractivity contribution >= 4 is 16.3 Å². The SMILES string of the molecule is COCc1nn2c(CNC/C=C/C(C)(F)F)c(C(F)(F)F)nc2s1. The molecule has 0 atom stereocenters. The fourth-order valence-corrected chi connectivity index (χ4v) is 2.82. The number of methoxy groups -OCH3 is 1. The van der Waals surface area contributed by atoms with Crippen molar-refractivity contribution in [2.45, 2.75) is 32.2 Å². The van der Waals surface area contributed by atoms with Crippen LogP contribution in [0.2, 0.25) is 0 Å². The number of fused-ring (bicyclic) bond motifs is 1. The van der Waals surface area contributed by atoms with Crippen LogP contribution in [0.5, 0.6) is 0 Å². The second-order valence-corrected chi connectivity index (χ2v) is 6.06. The summed E-state index contributed by atoms with van der Waals surface area (Å²) in [6, 6.07) is 0. The molecule has 0 fully saturated rings. The summed E-state index contributed by atoms with van der Waals surface area (Å²) in [4.78, 5) is 3.68. The van der Waals surface area contributed by atoms with Gasteiger partial charge < -0.3 is 10.1 Å². The van der Waals surface area contributed by atoms with Crippen LogP contribution in [0.1, 0.15) is 23.3 Å². The third kappa shape index (κ3) is 4.71. The molecular weight excluding hydrogens is 355 g/mol. The first-order valence-electron chi connectivity index (χ1n) is 6.81. The van der Waals surface area contributed by atoms with Crippen molar-refractivity contribution < 1.29 is 26.7 Å². The molecule has 0 radical (unpaired) electrons. The van der Waals surface area contributed by atoms with Crippen molar-refractivity contribution in [2.75, 3.05) is 13.7 Å². The van der Waals surface area contributed by atoms with Crippen LogP contribution in [-0.2, 0) is 24.1 Å². The van der Waals surface area contributed by atoms with Gasteiger partial charge in [-0.05, 0) is 6.08 Å². The Labute approximate surface area is 138 Å². The standard InChI is InChI=1S/C13H15F5N4OS/c1-12(14,15)4-3-5-19-6-8-10(13(16,17)18)20-11-22(8)21-9(24-11)7-23-2/h3-4,19H,5-7H2,1-2H3/b4-3+. The van der Waals surface area contributed by atoms with Crippen molar-refractivity contribution in [2.24, 2.45) is 0 Å². The fraction of sp³-hybridized carbons (Fsp3) is 0.538. The van der Waals surface area contributed by atoms with Gasteiger partial charge in [-0.1, -0.05) is 17.4 Å². The van der Waals surface area contributed by atoms with E-state index in [1.165, 1.54) is 7.11 Å². The van der Waals surface area contributed by atoms with Crippen LogP contribution in [0, 0.1) is 0 Å². The van der Waals surface area contributed by atoms with Crippen LogP contribution in [0.15, 0.2) is 12.2 Å². The zero-order chi connectivity index (χ0) is 18.0. The lowest BCUT2D eigenvalue weighted by Crippen LogP contribution is -2.19. The van der Waals surface area contributed by atoms with Gasteiger partial charge in [0, 0.05) is 27.1 Å². The van der Waals surface area contributed by atoms with E-state index >= 15 is 0 Å². The Morgan fingerprint density at radius 3 is 2.58 bits per heavy atom. The smallest absolute Gasteiger partial charge is 0.377 e. The van der Waals surface area contributed by atoms with E-state index < -0.39 is 17.8 Å². The molecule has 134 valence electrons. The van der Waals surface area contributed by atoms with Crippen LogP contribution in [-0.4, -0.2) is 34.2 Å². The molecule has 0 amide bonds. The number of nitrogens with one attached hydrogen (secondary N) is 1. The number of nitrogens with zero attached hydrogens (tertiary/aromatic N) is 3. The molecule has 2 aromatic heterocycles. The number of hydrogen-bond donors (Lipinski definition) is 1. The number of halogens is 5. The average molecular weight is 370 g/mol. The molecule has 0 aliphatic heterocycles. The van der Waals surface area contributed by atoms with E-state index in [0.29, 0.717) is 11.1 Å². The van der Waals surface area contributed by atoms with E-state index in [9.17, 15) is 22.0 Å². The first kappa shape index (κ1) is 18.7. The number of aromatic nitrogens is 3. The molecule has 2 rings (SSSR count). The predicted molar refractivity (Wildman–Crippen MR) is 78.0 cm³/mol. The summed E-state index contributed by atoms with van der Waals surface area (Å²) in [5, 5.41) is 7.19. The minimum Gasteiger partial charge on any atom is -0.377 e. The highest BCUT2D eigenvalue weighted by molar-refractivity contribution is 7.16. The third-order valence-electron chi connectivity index (χ3n) is 2.84. The van der Waals surface area contributed by atoms with Crippen molar-refractivity contribution in [1.29, 1.82) is 0 Å². The van der Waals surface area contributed by atoms with Crippen molar-refractivity contribution in [1.82, 2.24) is 19.9 Å². The van der Waals surface area contributed by atoms with Crippen LogP contribution in [0.4, 0.5) is 22.0 Å². The Balaban J connectivity index is 2.20. The van der Waals surface area contributed by atoms with Crippen LogP contribution in [0.3, 0.4) is 0 Å². The molecule has 2 aromatic rings. The average Bonchev–Trinajstić information content (AvgIpc) is 2.95. The lowest BCUT2D eigenvalue weighted by molar-refractivity contribution is -0.141. The maximum atomic E-state index is 13.1. The number of rotatable bonds is 7. The lowest BCUT2D eigenvalue weighted by atomic mass is 10.3. The number of imidazole rings is 1. The highest BCUT2D eigenvalue weighted by Gasteiger charge is 2.38. The summed E-state index contributed by atoms with van der Waals surface area (Å²) < 4.78 is 70.5. The molecule has 0 saturated heterocycles. The minimum absolute atomic E-state index is 0.0109. The summed E-state index contributed by atoms with van der Waals surface area (Å²) in [6.45, 7) is 0.657. The number of alkyl halides is 5. The normalized spacial score (nSPS) is 13.5. The van der Waals surface area contributed by atoms with Crippen molar-refractivity contribution in [3.63, 3.8) is 0 Å². The molecule has 1 N–H and O–H groups in total. The van der Waals surface area contributed by atoms with Crippen LogP contribution >= 0.6 is 11.3 Å². The van der Waals surface area contributed by atoms with Gasteiger partial charge in [-0.25, -0.2) is 18.3 Å². The van der Waals surface area contributed by atoms with Gasteiger partial charge in [0.1, 0.15) is 5.01 Å². The summed E-state index contributed by atoms with van der Waals surface area (Å²) >= 11 is 0.995. The molecule has 24 heavy (non-hydrogen) atoms. The Hall–Kier alpha value is -1.59. The molecule has 0 aromatic carbocycles. The highest BCUT2D eigenvalue weighted by atomic mass is 32.1. The zero-order valence-electron chi connectivity index (χ0n) is 12.8. The molecule has 0 unspecified atom stereocenters. The fourth-order valence-electron chi connectivity index (χ4n) is 1.94. The largest absolute Gasteiger partial charge is 0.435 e. The molecule has 5 nitrogen and oxygen atoms in total. The van der Waals surface area contributed by atoms with E-state index in [2.05, 4.69) is 15.4 Å². The molecule has 0 aliphatic rings. The van der Waals surface area contributed by atoms with Gasteiger partial charge in [0.05, 0.1) is 12.3 Å². The zero-order valence-corrected chi connectivity index (χ0v) is 13.6. The minimum atomic E-state index is -4.63. The second-order valence-electron chi connectivity index (χ2n) is 5.02. The van der Waals surface area contributed by atoms with E-state index in [4.69, 9.17) is 4.74 Å². The van der Waals surface area contributed by atoms with Crippen LogP contribution in [0.25, 0.3) is 4.96 Å². The van der Waals surface area contributed by atoms with Gasteiger partial charge >= 0.3 is 6.18 Å². The summed E-state index contributed by atoms with van der Waals surface area (Å²) in [6.07, 6.45) is -2.79. The molecule has 0 spiro atoms. The topological polar surface area (TPSA) is 51.5 Å². The van der Waals surface area contributed by atoms with Crippen molar-refractivity contribution in [3.8, 4) is 0 Å². The molecule has 11 heteroatoms. The van der Waals surface area contributed by atoms with Gasteiger partial charge in [0.2, 0.25) is 4.96 Å². The number of allylic oxidation sites excluding steroid dienone is 1. The van der Waals surface area contributed by atoms with E-state index in [1.54, 1.807) is 0 Å². The monoisotopic (exact) mass is 370 g/mol. The lowest BCUT2D eigenvalue weighted by Gasteiger charge is -2.07. The van der Waals surface area contributed by atoms with E-state index in [1.807, 2.05) is 0 Å². The second kappa shape index (κ2) is 7.11. The van der Waals surface area contributed by atoms with Gasteiger partial charge in [-0.15, -0.1) is 0 Å². The quantitative estimate of drug-likeness (QED) is 0.462. The summed E-state index contributed by atoms with van der Waals surface area (Å²) in [5.41, 5.74) is -1.21. The summed E-state index contributed by atoms with van der Waals surface area (Å²) in [5.74, 6) is -2.97. The summed E-state index contributed by atoms with van der Waals surface area (Å²) in [7, 11) is 1.45. The Bertz CT molecular complexity index is 716. The Morgan fingerprint density at radius 1 is 1.29 bits per heavy atom. The molecule has 0 aliphatic carbocycles. The molecular formula is C13H15F5N4OS. The highest BCUT2D eigenvalue weighted by Crippen LogP contribution is 2.33. The molecule has 0 saturated carbocycles. The van der Waals surface area contributed by atoms with Gasteiger partial charge in [0.15, 0.2) is 5.69 Å². The molecule has 0 bridgehead atoms. The number of hydrogen-bond acceptors (Lipinski definition) is 5. The van der Waals surface area contributed by atoms with E-state index in [0.717, 1.165) is 28.9 Å². The van der Waals surface area contributed by atoms with Crippen LogP contribution < -0.4 is 5.32 Å². The first-order valence-corrected chi connectivity index (χ1v) is 7.63. The molecule has 2 heterocycles. The van der Waals surface area contributed by atoms with E-state index in [-0.39, 0.29) is 30.4 Å². The maximum Gasteiger partial charge on any atom is 0.435 e. The third-order valence-corrected chi connectivity index (χ3v) is 3.72. The van der Waals surface area contributed by atoms with Crippen molar-refractivity contribution in [3.05, 3.63) is 28.5 Å². The maximum absolute atomic E-state index is 13.1. The van der Waals surface area contributed by atoms with Gasteiger partial charge in [0.25, 0.3) is 5.92 Å². The Kier molecular flexibility index (Phi) is 5.56. The first-order chi connectivity index (χ1) is 11.1. The number of ether oxygens (including phenoxy) is 1. The van der Waals surface area contributed by atoms with Gasteiger partial charge in [-0.2, -0.15) is 18.3 Å². The van der Waals surface area contributed by atoms with Gasteiger partial charge in [-0.3, -0.25) is 0 Å². The Morgan fingerprint density at radius 2 is 2.00 bits per heavy atom.